The zero-order valence-electron chi connectivity index (χ0n) is 8.88. The van der Waals surface area contributed by atoms with Gasteiger partial charge in [0.05, 0.1) is 11.5 Å². The predicted molar refractivity (Wildman–Crippen MR) is 56.3 cm³/mol. The van der Waals surface area contributed by atoms with Crippen LogP contribution in [-0.4, -0.2) is 18.2 Å². The van der Waals surface area contributed by atoms with Gasteiger partial charge in [0, 0.05) is 4.88 Å². The van der Waals surface area contributed by atoms with Crippen molar-refractivity contribution < 1.29 is 22.7 Å². The van der Waals surface area contributed by atoms with Crippen LogP contribution < -0.4 is 11.3 Å². The number of hydrogen-bond donors (Lipinski definition) is 2. The van der Waals surface area contributed by atoms with E-state index in [1.54, 1.807) is 0 Å². The first kappa shape index (κ1) is 13.9. The number of alkyl halides is 3. The Bertz CT molecular complexity index is 392. The van der Waals surface area contributed by atoms with Gasteiger partial charge in [-0.3, -0.25) is 10.2 Å². The molecule has 8 heteroatoms. The summed E-state index contributed by atoms with van der Waals surface area (Å²) in [5.41, 5.74) is 1.93. The molecular formula is C9H11F3N2O2S. The molecule has 17 heavy (non-hydrogen) atoms. The summed E-state index contributed by atoms with van der Waals surface area (Å²) >= 11 is 1.03. The fraction of sp³-hybridized carbons (Fsp3) is 0.444. The topological polar surface area (TPSA) is 64.3 Å². The number of rotatable bonds is 4. The second kappa shape index (κ2) is 5.48. The molecule has 0 bridgehead atoms. The second-order valence-corrected chi connectivity index (χ2v) is 4.40. The maximum absolute atomic E-state index is 12.1. The fourth-order valence-corrected chi connectivity index (χ4v) is 1.78. The van der Waals surface area contributed by atoms with Crippen molar-refractivity contribution >= 4 is 17.2 Å². The van der Waals surface area contributed by atoms with Crippen LogP contribution >= 0.6 is 11.3 Å². The Balaban J connectivity index is 2.53. The number of halogens is 3. The maximum Gasteiger partial charge on any atom is 0.414 e. The van der Waals surface area contributed by atoms with E-state index in [0.717, 1.165) is 18.3 Å². The molecule has 1 unspecified atom stereocenters. The molecule has 1 heterocycles. The van der Waals surface area contributed by atoms with Crippen LogP contribution in [0.25, 0.3) is 0 Å². The lowest BCUT2D eigenvalue weighted by Crippen LogP contribution is -2.29. The van der Waals surface area contributed by atoms with Crippen molar-refractivity contribution in [2.75, 3.05) is 0 Å². The smallest absolute Gasteiger partial charge is 0.364 e. The van der Waals surface area contributed by atoms with Gasteiger partial charge in [-0.05, 0) is 19.1 Å². The average molecular weight is 268 g/mol. The lowest BCUT2D eigenvalue weighted by atomic mass is 10.4. The average Bonchev–Trinajstić information content (AvgIpc) is 2.72. The molecule has 0 radical (unpaired) electrons. The van der Waals surface area contributed by atoms with Gasteiger partial charge in [0.2, 0.25) is 0 Å². The van der Waals surface area contributed by atoms with Crippen LogP contribution in [0.5, 0.6) is 0 Å². The number of hydrazine groups is 1. The van der Waals surface area contributed by atoms with Crippen LogP contribution in [0.2, 0.25) is 0 Å². The summed E-state index contributed by atoms with van der Waals surface area (Å²) in [6.07, 6.45) is -6.22. The molecule has 0 aromatic carbocycles. The zero-order chi connectivity index (χ0) is 13.1. The molecule has 0 aliphatic carbocycles. The van der Waals surface area contributed by atoms with E-state index in [0.29, 0.717) is 9.75 Å². The second-order valence-electron chi connectivity index (χ2n) is 3.23. The van der Waals surface area contributed by atoms with E-state index in [1.807, 2.05) is 5.43 Å². The molecule has 4 nitrogen and oxygen atoms in total. The Morgan fingerprint density at radius 2 is 2.24 bits per heavy atom. The highest BCUT2D eigenvalue weighted by atomic mass is 32.1. The Morgan fingerprint density at radius 3 is 2.76 bits per heavy atom. The monoisotopic (exact) mass is 268 g/mol. The molecule has 1 atom stereocenters. The number of carbonyl (C=O) groups is 1. The normalized spacial score (nSPS) is 13.5. The summed E-state index contributed by atoms with van der Waals surface area (Å²) in [5.74, 6) is 4.44. The third-order valence-electron chi connectivity index (χ3n) is 1.95. The van der Waals surface area contributed by atoms with E-state index in [9.17, 15) is 18.0 Å². The predicted octanol–water partition coefficient (Wildman–Crippen LogP) is 1.82. The van der Waals surface area contributed by atoms with Gasteiger partial charge in [-0.2, -0.15) is 13.2 Å². The van der Waals surface area contributed by atoms with Crippen molar-refractivity contribution in [2.24, 2.45) is 5.84 Å². The van der Waals surface area contributed by atoms with Crippen molar-refractivity contribution in [3.8, 4) is 0 Å². The quantitative estimate of drug-likeness (QED) is 0.497. The van der Waals surface area contributed by atoms with Crippen molar-refractivity contribution in [3.05, 3.63) is 21.9 Å². The highest BCUT2D eigenvalue weighted by Gasteiger charge is 2.36. The minimum absolute atomic E-state index is 0.191. The van der Waals surface area contributed by atoms with Gasteiger partial charge >= 0.3 is 6.18 Å². The van der Waals surface area contributed by atoms with Gasteiger partial charge in [0.25, 0.3) is 5.91 Å². The van der Waals surface area contributed by atoms with E-state index in [2.05, 4.69) is 4.74 Å². The van der Waals surface area contributed by atoms with Crippen molar-refractivity contribution in [3.63, 3.8) is 0 Å². The van der Waals surface area contributed by atoms with Gasteiger partial charge in [-0.1, -0.05) is 0 Å². The Morgan fingerprint density at radius 1 is 1.59 bits per heavy atom. The summed E-state index contributed by atoms with van der Waals surface area (Å²) in [4.78, 5) is 11.9. The number of nitrogens with one attached hydrogen (secondary N) is 1. The number of ether oxygens (including phenoxy) is 1. The number of nitrogen functional groups attached to an aromatic ring is 1. The lowest BCUT2D eigenvalue weighted by Gasteiger charge is -2.15. The standard InChI is InChI=1S/C9H11F3N2O2S/c1-5(9(10,11)12)16-4-6-2-3-7(17-6)8(15)14-13/h2-3,5H,4,13H2,1H3,(H,14,15). The van der Waals surface area contributed by atoms with Gasteiger partial charge in [-0.15, -0.1) is 11.3 Å². The van der Waals surface area contributed by atoms with Gasteiger partial charge in [-0.25, -0.2) is 5.84 Å². The molecule has 0 fully saturated rings. The molecule has 0 aliphatic rings. The number of thiophene rings is 1. The molecule has 1 rings (SSSR count). The van der Waals surface area contributed by atoms with E-state index < -0.39 is 18.2 Å². The molecule has 0 spiro atoms. The van der Waals surface area contributed by atoms with Crippen LogP contribution in [0.3, 0.4) is 0 Å². The molecule has 1 aromatic heterocycles. The first-order chi connectivity index (χ1) is 7.84. The third kappa shape index (κ3) is 3.99. The first-order valence-electron chi connectivity index (χ1n) is 4.62. The lowest BCUT2D eigenvalue weighted by molar-refractivity contribution is -0.217. The minimum atomic E-state index is -4.38. The minimum Gasteiger partial charge on any atom is -0.364 e. The highest BCUT2D eigenvalue weighted by molar-refractivity contribution is 7.14. The van der Waals surface area contributed by atoms with Gasteiger partial charge in [0.1, 0.15) is 0 Å². The Labute approximate surface area is 99.5 Å². The molecule has 1 amide bonds. The van der Waals surface area contributed by atoms with Gasteiger partial charge < -0.3 is 4.74 Å². The number of carbonyl (C=O) groups excluding carboxylic acids is 1. The van der Waals surface area contributed by atoms with Crippen molar-refractivity contribution in [2.45, 2.75) is 25.8 Å². The zero-order valence-corrected chi connectivity index (χ0v) is 9.69. The fourth-order valence-electron chi connectivity index (χ4n) is 0.950. The molecule has 1 aromatic rings. The van der Waals surface area contributed by atoms with Crippen LogP contribution in [0, 0.1) is 0 Å². The SMILES string of the molecule is CC(OCc1ccc(C(=O)NN)s1)C(F)(F)F. The molecule has 0 saturated carbocycles. The third-order valence-corrected chi connectivity index (χ3v) is 3.01. The van der Waals surface area contributed by atoms with E-state index in [-0.39, 0.29) is 6.61 Å². The number of amides is 1. The summed E-state index contributed by atoms with van der Waals surface area (Å²) in [6, 6.07) is 3.00. The van der Waals surface area contributed by atoms with Crippen LogP contribution in [-0.2, 0) is 11.3 Å². The Hall–Kier alpha value is -1.12. The van der Waals surface area contributed by atoms with Crippen LogP contribution in [0.1, 0.15) is 21.5 Å². The highest BCUT2D eigenvalue weighted by Crippen LogP contribution is 2.24. The first-order valence-corrected chi connectivity index (χ1v) is 5.44. The van der Waals surface area contributed by atoms with E-state index >= 15 is 0 Å². The van der Waals surface area contributed by atoms with Crippen LogP contribution in [0.4, 0.5) is 13.2 Å². The molecule has 0 aliphatic heterocycles. The summed E-state index contributed by atoms with van der Waals surface area (Å²) in [6.45, 7) is 0.740. The molecule has 3 N–H and O–H groups in total. The summed E-state index contributed by atoms with van der Waals surface area (Å²) in [5, 5.41) is 0. The van der Waals surface area contributed by atoms with Gasteiger partial charge in [0.15, 0.2) is 6.10 Å². The van der Waals surface area contributed by atoms with E-state index in [1.165, 1.54) is 12.1 Å². The van der Waals surface area contributed by atoms with Crippen LogP contribution in [0.15, 0.2) is 12.1 Å². The molecule has 96 valence electrons. The van der Waals surface area contributed by atoms with Crippen molar-refractivity contribution in [1.82, 2.24) is 5.43 Å². The van der Waals surface area contributed by atoms with E-state index in [4.69, 9.17) is 5.84 Å². The Kier molecular flexibility index (Phi) is 4.49. The number of hydrogen-bond acceptors (Lipinski definition) is 4. The summed E-state index contributed by atoms with van der Waals surface area (Å²) < 4.78 is 41.1. The maximum atomic E-state index is 12.1. The molecule has 0 saturated heterocycles. The largest absolute Gasteiger partial charge is 0.414 e. The van der Waals surface area contributed by atoms with Crippen molar-refractivity contribution in [1.29, 1.82) is 0 Å². The number of nitrogens with two attached hydrogens (primary N) is 1. The summed E-state index contributed by atoms with van der Waals surface area (Å²) in [7, 11) is 0. The molecular weight excluding hydrogens is 257 g/mol.